The predicted molar refractivity (Wildman–Crippen MR) is 67.5 cm³/mol. The summed E-state index contributed by atoms with van der Waals surface area (Å²) in [6.07, 6.45) is 3.50. The highest BCUT2D eigenvalue weighted by Crippen LogP contribution is 2.32. The fourth-order valence-corrected chi connectivity index (χ4v) is 2.32. The van der Waals surface area contributed by atoms with E-state index in [1.54, 1.807) is 12.2 Å². The summed E-state index contributed by atoms with van der Waals surface area (Å²) in [4.78, 5) is 3.90. The maximum atomic E-state index is 12.5. The van der Waals surface area contributed by atoms with Gasteiger partial charge in [-0.05, 0) is 12.0 Å². The van der Waals surface area contributed by atoms with Crippen LogP contribution < -0.4 is 0 Å². The largest absolute Gasteiger partial charge is 0.417 e. The lowest BCUT2D eigenvalue weighted by Crippen LogP contribution is -2.28. The second-order valence-corrected chi connectivity index (χ2v) is 5.17. The van der Waals surface area contributed by atoms with Crippen LogP contribution in [0.1, 0.15) is 6.42 Å². The van der Waals surface area contributed by atoms with Gasteiger partial charge >= 0.3 is 6.18 Å². The summed E-state index contributed by atoms with van der Waals surface area (Å²) in [7, 11) is 0. The van der Waals surface area contributed by atoms with Gasteiger partial charge in [0.1, 0.15) is 0 Å². The fraction of sp³-hybridized carbons (Fsp3) is 0.417. The molecule has 2 rings (SSSR count). The molecule has 0 aromatic rings. The van der Waals surface area contributed by atoms with Gasteiger partial charge in [-0.15, -0.1) is 23.2 Å². The number of alkyl halides is 5. The van der Waals surface area contributed by atoms with Crippen LogP contribution in [-0.4, -0.2) is 29.2 Å². The van der Waals surface area contributed by atoms with Gasteiger partial charge in [0.15, 0.2) is 0 Å². The molecule has 0 spiro atoms. The molecule has 1 aliphatic carbocycles. The van der Waals surface area contributed by atoms with E-state index < -0.39 is 23.2 Å². The van der Waals surface area contributed by atoms with Gasteiger partial charge in [0.05, 0.1) is 22.4 Å². The highest BCUT2D eigenvalue weighted by atomic mass is 35.5. The minimum Gasteiger partial charge on any atom is -0.283 e. The first-order chi connectivity index (χ1) is 8.38. The Balaban J connectivity index is 2.15. The van der Waals surface area contributed by atoms with Crippen LogP contribution in [0.5, 0.6) is 0 Å². The number of nitrogens with zero attached hydrogens (tertiary/aromatic N) is 1. The van der Waals surface area contributed by atoms with Crippen molar-refractivity contribution in [3.63, 3.8) is 0 Å². The minimum absolute atomic E-state index is 0.0728. The van der Waals surface area contributed by atoms with Gasteiger partial charge in [-0.3, -0.25) is 4.99 Å². The van der Waals surface area contributed by atoms with Crippen LogP contribution in [-0.2, 0) is 0 Å². The Kier molecular flexibility index (Phi) is 3.87. The molecule has 98 valence electrons. The lowest BCUT2D eigenvalue weighted by molar-refractivity contribution is -0.0860. The molecule has 6 heteroatoms. The first-order valence-corrected chi connectivity index (χ1v) is 6.24. The molecular formula is C12H10Cl2F3N. The molecule has 0 amide bonds. The molecule has 0 fully saturated rings. The molecule has 0 saturated heterocycles. The van der Waals surface area contributed by atoms with Crippen LogP contribution in [0.4, 0.5) is 13.2 Å². The van der Waals surface area contributed by atoms with E-state index in [2.05, 4.69) is 4.99 Å². The first-order valence-electron chi connectivity index (χ1n) is 5.36. The lowest BCUT2D eigenvalue weighted by Gasteiger charge is -2.24. The zero-order valence-electron chi connectivity index (χ0n) is 9.16. The van der Waals surface area contributed by atoms with Crippen molar-refractivity contribution in [2.45, 2.75) is 29.4 Å². The van der Waals surface area contributed by atoms with E-state index in [-0.39, 0.29) is 5.38 Å². The predicted octanol–water partition coefficient (Wildman–Crippen LogP) is 4.03. The zero-order valence-corrected chi connectivity index (χ0v) is 10.7. The third-order valence-electron chi connectivity index (χ3n) is 2.76. The lowest BCUT2D eigenvalue weighted by atomic mass is 9.95. The van der Waals surface area contributed by atoms with E-state index >= 15 is 0 Å². The van der Waals surface area contributed by atoms with E-state index in [0.717, 1.165) is 17.9 Å². The van der Waals surface area contributed by atoms with Crippen molar-refractivity contribution in [1.82, 2.24) is 0 Å². The molecule has 1 nitrogen and oxygen atoms in total. The molecule has 3 unspecified atom stereocenters. The van der Waals surface area contributed by atoms with Gasteiger partial charge in [0.25, 0.3) is 0 Å². The van der Waals surface area contributed by atoms with Gasteiger partial charge in [-0.1, -0.05) is 24.3 Å². The second kappa shape index (κ2) is 5.10. The van der Waals surface area contributed by atoms with Crippen LogP contribution in [0.2, 0.25) is 0 Å². The highest BCUT2D eigenvalue weighted by molar-refractivity contribution is 6.23. The van der Waals surface area contributed by atoms with Gasteiger partial charge in [0.2, 0.25) is 0 Å². The van der Waals surface area contributed by atoms with Crippen molar-refractivity contribution in [3.8, 4) is 0 Å². The van der Waals surface area contributed by atoms with E-state index in [1.807, 2.05) is 6.08 Å². The van der Waals surface area contributed by atoms with Crippen molar-refractivity contribution >= 4 is 29.4 Å². The number of aliphatic imine (C=N–C) groups is 1. The third-order valence-corrected chi connectivity index (χ3v) is 3.45. The smallest absolute Gasteiger partial charge is 0.283 e. The number of hydrogen-bond donors (Lipinski definition) is 0. The van der Waals surface area contributed by atoms with Crippen molar-refractivity contribution in [1.29, 1.82) is 0 Å². The number of hydrogen-bond acceptors (Lipinski definition) is 1. The van der Waals surface area contributed by atoms with E-state index in [1.165, 1.54) is 0 Å². The summed E-state index contributed by atoms with van der Waals surface area (Å²) < 4.78 is 37.4. The zero-order chi connectivity index (χ0) is 13.3. The molecule has 0 saturated carbocycles. The van der Waals surface area contributed by atoms with Crippen LogP contribution >= 0.6 is 23.2 Å². The van der Waals surface area contributed by atoms with E-state index in [9.17, 15) is 13.2 Å². The van der Waals surface area contributed by atoms with Crippen molar-refractivity contribution in [3.05, 3.63) is 35.5 Å². The van der Waals surface area contributed by atoms with Gasteiger partial charge in [0, 0.05) is 6.21 Å². The van der Waals surface area contributed by atoms with Crippen LogP contribution in [0.25, 0.3) is 0 Å². The number of halogens is 5. The third kappa shape index (κ3) is 2.98. The molecule has 0 aromatic heterocycles. The molecule has 2 aliphatic rings. The molecule has 1 heterocycles. The van der Waals surface area contributed by atoms with Crippen molar-refractivity contribution in [2.24, 2.45) is 4.99 Å². The minimum atomic E-state index is -4.40. The van der Waals surface area contributed by atoms with Crippen LogP contribution in [0, 0.1) is 0 Å². The van der Waals surface area contributed by atoms with Gasteiger partial charge in [-0.2, -0.15) is 13.2 Å². The van der Waals surface area contributed by atoms with E-state index in [0.29, 0.717) is 6.42 Å². The Morgan fingerprint density at radius 1 is 1.28 bits per heavy atom. The normalized spacial score (nSPS) is 32.2. The summed E-state index contributed by atoms with van der Waals surface area (Å²) in [5, 5.41) is -0.870. The molecule has 0 bridgehead atoms. The standard InChI is InChI=1S/C12H10Cl2F3N/c13-9-3-1-7(2-4-9)11-10(14)5-8(6-18-11)12(15,16)17/h1-3,5-6,9-11H,4H2. The summed E-state index contributed by atoms with van der Waals surface area (Å²) in [6.45, 7) is 0. The quantitative estimate of drug-likeness (QED) is 0.648. The topological polar surface area (TPSA) is 12.4 Å². The van der Waals surface area contributed by atoms with Crippen molar-refractivity contribution < 1.29 is 13.2 Å². The van der Waals surface area contributed by atoms with Crippen LogP contribution in [0.3, 0.4) is 0 Å². The molecule has 3 atom stereocenters. The first kappa shape index (κ1) is 13.7. The Morgan fingerprint density at radius 3 is 2.50 bits per heavy atom. The average Bonchev–Trinajstić information content (AvgIpc) is 2.29. The van der Waals surface area contributed by atoms with Gasteiger partial charge in [-0.25, -0.2) is 0 Å². The Bertz CT molecular complexity index is 449. The Hall–Kier alpha value is -0.740. The Labute approximate surface area is 113 Å². The molecule has 0 radical (unpaired) electrons. The molecule has 1 aliphatic heterocycles. The number of allylic oxidation sites excluding steroid dienone is 3. The maximum Gasteiger partial charge on any atom is 0.417 e. The number of dihydropyridines is 1. The number of rotatable bonds is 1. The van der Waals surface area contributed by atoms with Gasteiger partial charge < -0.3 is 0 Å². The second-order valence-electron chi connectivity index (χ2n) is 4.10. The van der Waals surface area contributed by atoms with E-state index in [4.69, 9.17) is 23.2 Å². The average molecular weight is 296 g/mol. The molecular weight excluding hydrogens is 286 g/mol. The maximum absolute atomic E-state index is 12.5. The molecule has 0 aromatic carbocycles. The highest BCUT2D eigenvalue weighted by Gasteiger charge is 2.36. The SMILES string of the molecule is FC(F)(F)C1=CC(Cl)C(C2=CCC(Cl)C=C2)N=C1. The summed E-state index contributed by atoms with van der Waals surface area (Å²) >= 11 is 11.8. The monoisotopic (exact) mass is 295 g/mol. The fourth-order valence-electron chi connectivity index (χ4n) is 1.82. The summed E-state index contributed by atoms with van der Waals surface area (Å²) in [6, 6.07) is -0.474. The summed E-state index contributed by atoms with van der Waals surface area (Å²) in [5.41, 5.74) is 0.00924. The Morgan fingerprint density at radius 2 is 2.00 bits per heavy atom. The van der Waals surface area contributed by atoms with Crippen molar-refractivity contribution in [2.75, 3.05) is 0 Å². The summed E-state index contributed by atoms with van der Waals surface area (Å²) in [5.74, 6) is 0. The molecule has 0 N–H and O–H groups in total. The molecule has 18 heavy (non-hydrogen) atoms. The van der Waals surface area contributed by atoms with Crippen LogP contribution in [0.15, 0.2) is 40.4 Å².